The molecule has 1 aliphatic rings. The molecule has 0 bridgehead atoms. The Hall–Kier alpha value is -0.730. The first-order chi connectivity index (χ1) is 5.83. The second-order valence-corrected chi connectivity index (χ2v) is 3.39. The fraction of sp³-hybridized carbons (Fsp3) is 0.889. The summed E-state index contributed by atoms with van der Waals surface area (Å²) in [5, 5.41) is 5.59. The zero-order valence-electron chi connectivity index (χ0n) is 7.73. The molecule has 3 nitrogen and oxygen atoms in total. The Kier molecular flexibility index (Phi) is 3.91. The van der Waals surface area contributed by atoms with E-state index in [1.807, 2.05) is 6.92 Å². The Morgan fingerprint density at radius 1 is 1.33 bits per heavy atom. The minimum absolute atomic E-state index is 0.0237. The second kappa shape index (κ2) is 5.01. The normalized spacial score (nSPS) is 17.8. The smallest absolute Gasteiger partial charge is 0.314 e. The summed E-state index contributed by atoms with van der Waals surface area (Å²) >= 11 is 0. The Bertz CT molecular complexity index is 141. The second-order valence-electron chi connectivity index (χ2n) is 3.39. The van der Waals surface area contributed by atoms with E-state index in [4.69, 9.17) is 0 Å². The van der Waals surface area contributed by atoms with Crippen molar-refractivity contribution >= 4 is 6.03 Å². The predicted molar refractivity (Wildman–Crippen MR) is 49.0 cm³/mol. The van der Waals surface area contributed by atoms with Gasteiger partial charge in [0.1, 0.15) is 0 Å². The summed E-state index contributed by atoms with van der Waals surface area (Å²) in [7, 11) is 0. The van der Waals surface area contributed by atoms with Crippen LogP contribution in [-0.2, 0) is 0 Å². The topological polar surface area (TPSA) is 41.1 Å². The number of hydrogen-bond acceptors (Lipinski definition) is 1. The zero-order valence-corrected chi connectivity index (χ0v) is 7.73. The van der Waals surface area contributed by atoms with Crippen LogP contribution in [-0.4, -0.2) is 19.1 Å². The molecule has 0 radical (unpaired) electrons. The van der Waals surface area contributed by atoms with Crippen LogP contribution in [0.15, 0.2) is 0 Å². The number of carbonyl (C=O) groups excluding carboxylic acids is 1. The molecule has 0 aromatic heterocycles. The summed E-state index contributed by atoms with van der Waals surface area (Å²) in [4.78, 5) is 11.0. The van der Waals surface area contributed by atoms with Crippen molar-refractivity contribution in [2.24, 2.45) is 5.92 Å². The molecule has 0 spiro atoms. The van der Waals surface area contributed by atoms with Gasteiger partial charge in [-0.05, 0) is 25.7 Å². The monoisotopic (exact) mass is 170 g/mol. The summed E-state index contributed by atoms with van der Waals surface area (Å²) in [6.45, 7) is 3.48. The highest BCUT2D eigenvalue weighted by Crippen LogP contribution is 2.23. The molecule has 0 aromatic carbocycles. The molecule has 0 aliphatic heterocycles. The third-order valence-electron chi connectivity index (χ3n) is 2.36. The first-order valence-electron chi connectivity index (χ1n) is 4.84. The fourth-order valence-electron chi connectivity index (χ4n) is 1.67. The molecular formula is C9H18N2O. The lowest BCUT2D eigenvalue weighted by Crippen LogP contribution is -2.37. The summed E-state index contributed by atoms with van der Waals surface area (Å²) in [5.74, 6) is 0.729. The lowest BCUT2D eigenvalue weighted by Gasteiger charge is -2.10. The van der Waals surface area contributed by atoms with Crippen molar-refractivity contribution in [2.75, 3.05) is 13.1 Å². The van der Waals surface area contributed by atoms with Crippen LogP contribution < -0.4 is 10.6 Å². The molecule has 2 amide bonds. The van der Waals surface area contributed by atoms with Crippen LogP contribution in [0.1, 0.15) is 32.6 Å². The minimum Gasteiger partial charge on any atom is -0.338 e. The SMILES string of the molecule is CCNC(=O)NCC1CCCC1. The lowest BCUT2D eigenvalue weighted by molar-refractivity contribution is 0.239. The van der Waals surface area contributed by atoms with E-state index >= 15 is 0 Å². The Labute approximate surface area is 73.9 Å². The summed E-state index contributed by atoms with van der Waals surface area (Å²) < 4.78 is 0. The largest absolute Gasteiger partial charge is 0.338 e. The van der Waals surface area contributed by atoms with Crippen molar-refractivity contribution in [3.8, 4) is 0 Å². The highest BCUT2D eigenvalue weighted by atomic mass is 16.2. The van der Waals surface area contributed by atoms with E-state index in [1.165, 1.54) is 25.7 Å². The van der Waals surface area contributed by atoms with Gasteiger partial charge in [-0.25, -0.2) is 4.79 Å². The molecule has 0 saturated heterocycles. The minimum atomic E-state index is -0.0237. The molecule has 0 unspecified atom stereocenters. The van der Waals surface area contributed by atoms with E-state index in [1.54, 1.807) is 0 Å². The molecule has 1 saturated carbocycles. The number of urea groups is 1. The van der Waals surface area contributed by atoms with E-state index in [0.717, 1.165) is 12.5 Å². The molecule has 3 heteroatoms. The van der Waals surface area contributed by atoms with Crippen LogP contribution in [0.3, 0.4) is 0 Å². The van der Waals surface area contributed by atoms with Crippen LogP contribution >= 0.6 is 0 Å². The van der Waals surface area contributed by atoms with E-state index < -0.39 is 0 Å². The Morgan fingerprint density at radius 2 is 2.00 bits per heavy atom. The maximum absolute atomic E-state index is 11.0. The molecule has 1 rings (SSSR count). The van der Waals surface area contributed by atoms with Crippen LogP contribution in [0.5, 0.6) is 0 Å². The average molecular weight is 170 g/mol. The quantitative estimate of drug-likeness (QED) is 0.662. The van der Waals surface area contributed by atoms with Gasteiger partial charge in [0.2, 0.25) is 0 Å². The van der Waals surface area contributed by atoms with Gasteiger partial charge >= 0.3 is 6.03 Å². The summed E-state index contributed by atoms with van der Waals surface area (Å²) in [5.41, 5.74) is 0. The maximum Gasteiger partial charge on any atom is 0.314 e. The van der Waals surface area contributed by atoms with Gasteiger partial charge in [-0.2, -0.15) is 0 Å². The zero-order chi connectivity index (χ0) is 8.81. The van der Waals surface area contributed by atoms with Crippen molar-refractivity contribution in [3.05, 3.63) is 0 Å². The van der Waals surface area contributed by atoms with E-state index in [0.29, 0.717) is 6.54 Å². The molecule has 1 fully saturated rings. The van der Waals surface area contributed by atoms with Crippen LogP contribution in [0.4, 0.5) is 4.79 Å². The fourth-order valence-corrected chi connectivity index (χ4v) is 1.67. The molecule has 12 heavy (non-hydrogen) atoms. The molecule has 70 valence electrons. The lowest BCUT2D eigenvalue weighted by atomic mass is 10.1. The van der Waals surface area contributed by atoms with Gasteiger partial charge in [0, 0.05) is 13.1 Å². The first-order valence-corrected chi connectivity index (χ1v) is 4.84. The number of carbonyl (C=O) groups is 1. The van der Waals surface area contributed by atoms with Gasteiger partial charge in [-0.1, -0.05) is 12.8 Å². The highest BCUT2D eigenvalue weighted by molar-refractivity contribution is 5.73. The Morgan fingerprint density at radius 3 is 2.58 bits per heavy atom. The van der Waals surface area contributed by atoms with Gasteiger partial charge in [0.05, 0.1) is 0 Å². The van der Waals surface area contributed by atoms with Crippen LogP contribution in [0.2, 0.25) is 0 Å². The van der Waals surface area contributed by atoms with E-state index in [2.05, 4.69) is 10.6 Å². The van der Waals surface area contributed by atoms with E-state index in [-0.39, 0.29) is 6.03 Å². The van der Waals surface area contributed by atoms with Crippen molar-refractivity contribution in [3.63, 3.8) is 0 Å². The maximum atomic E-state index is 11.0. The van der Waals surface area contributed by atoms with Gasteiger partial charge < -0.3 is 10.6 Å². The van der Waals surface area contributed by atoms with Crippen molar-refractivity contribution in [1.82, 2.24) is 10.6 Å². The number of rotatable bonds is 3. The molecule has 1 aliphatic carbocycles. The first kappa shape index (κ1) is 9.36. The molecule has 2 N–H and O–H groups in total. The predicted octanol–water partition coefficient (Wildman–Crippen LogP) is 1.50. The molecule has 0 atom stereocenters. The average Bonchev–Trinajstić information content (AvgIpc) is 2.53. The van der Waals surface area contributed by atoms with Gasteiger partial charge in [0.25, 0.3) is 0 Å². The third-order valence-corrected chi connectivity index (χ3v) is 2.36. The Balaban J connectivity index is 2.03. The van der Waals surface area contributed by atoms with E-state index in [9.17, 15) is 4.79 Å². The van der Waals surface area contributed by atoms with Crippen molar-refractivity contribution in [1.29, 1.82) is 0 Å². The third kappa shape index (κ3) is 3.11. The standard InChI is InChI=1S/C9H18N2O/c1-2-10-9(12)11-7-8-5-3-4-6-8/h8H,2-7H2,1H3,(H2,10,11,12). The van der Waals surface area contributed by atoms with Gasteiger partial charge in [-0.3, -0.25) is 0 Å². The molecular weight excluding hydrogens is 152 g/mol. The number of nitrogens with one attached hydrogen (secondary N) is 2. The van der Waals surface area contributed by atoms with Crippen molar-refractivity contribution < 1.29 is 4.79 Å². The number of hydrogen-bond donors (Lipinski definition) is 2. The van der Waals surface area contributed by atoms with Gasteiger partial charge in [-0.15, -0.1) is 0 Å². The number of amides is 2. The molecule has 0 heterocycles. The van der Waals surface area contributed by atoms with Crippen molar-refractivity contribution in [2.45, 2.75) is 32.6 Å². The summed E-state index contributed by atoms with van der Waals surface area (Å²) in [6.07, 6.45) is 5.24. The molecule has 0 aromatic rings. The van der Waals surface area contributed by atoms with Gasteiger partial charge in [0.15, 0.2) is 0 Å². The van der Waals surface area contributed by atoms with Crippen LogP contribution in [0.25, 0.3) is 0 Å². The summed E-state index contributed by atoms with van der Waals surface area (Å²) in [6, 6.07) is -0.0237. The van der Waals surface area contributed by atoms with Crippen LogP contribution in [0, 0.1) is 5.92 Å². The highest BCUT2D eigenvalue weighted by Gasteiger charge is 2.14.